The molecule has 0 saturated heterocycles. The highest BCUT2D eigenvalue weighted by molar-refractivity contribution is 6.30. The molecule has 0 amide bonds. The first kappa shape index (κ1) is 14.5. The van der Waals surface area contributed by atoms with E-state index in [1.165, 1.54) is 36.1 Å². The molecule has 1 nitrogen and oxygen atoms in total. The molecule has 21 heavy (non-hydrogen) atoms. The fourth-order valence-electron chi connectivity index (χ4n) is 3.14. The van der Waals surface area contributed by atoms with Gasteiger partial charge in [0.25, 0.3) is 0 Å². The molecular weight excluding hydrogens is 278 g/mol. The number of rotatable bonds is 5. The summed E-state index contributed by atoms with van der Waals surface area (Å²) in [4.78, 5) is 0. The van der Waals surface area contributed by atoms with Gasteiger partial charge >= 0.3 is 0 Å². The van der Waals surface area contributed by atoms with Gasteiger partial charge in [-0.2, -0.15) is 0 Å². The number of nitrogens with one attached hydrogen (secondary N) is 1. The molecule has 1 aliphatic carbocycles. The molecule has 0 atom stereocenters. The normalized spacial score (nSPS) is 20.9. The smallest absolute Gasteiger partial charge is 0.0408 e. The number of hydrogen-bond donors (Lipinski definition) is 1. The highest BCUT2D eigenvalue weighted by atomic mass is 35.5. The Morgan fingerprint density at radius 1 is 1.10 bits per heavy atom. The zero-order valence-corrected chi connectivity index (χ0v) is 13.2. The van der Waals surface area contributed by atoms with E-state index in [0.717, 1.165) is 11.4 Å². The number of aryl methyl sites for hydroxylation is 1. The first-order valence-corrected chi connectivity index (χ1v) is 8.24. The Morgan fingerprint density at radius 3 is 2.67 bits per heavy atom. The van der Waals surface area contributed by atoms with Gasteiger partial charge in [0.15, 0.2) is 0 Å². The lowest BCUT2D eigenvalue weighted by Gasteiger charge is -2.37. The van der Waals surface area contributed by atoms with Crippen LogP contribution < -0.4 is 5.32 Å². The highest BCUT2D eigenvalue weighted by Crippen LogP contribution is 2.39. The third kappa shape index (κ3) is 3.41. The SMILES string of the molecule is CCCc1ccccc1NC1CC(c2cccc(Cl)c2)C1. The van der Waals surface area contributed by atoms with Crippen LogP contribution in [-0.4, -0.2) is 6.04 Å². The van der Waals surface area contributed by atoms with Crippen molar-refractivity contribution in [1.82, 2.24) is 0 Å². The zero-order valence-electron chi connectivity index (χ0n) is 12.5. The van der Waals surface area contributed by atoms with Crippen molar-refractivity contribution in [1.29, 1.82) is 0 Å². The molecule has 2 heteroatoms. The maximum absolute atomic E-state index is 6.08. The molecule has 3 rings (SSSR count). The van der Waals surface area contributed by atoms with Gasteiger partial charge in [-0.15, -0.1) is 0 Å². The third-order valence-corrected chi connectivity index (χ3v) is 4.59. The van der Waals surface area contributed by atoms with Crippen molar-refractivity contribution in [2.45, 2.75) is 44.6 Å². The number of benzene rings is 2. The summed E-state index contributed by atoms with van der Waals surface area (Å²) >= 11 is 6.08. The van der Waals surface area contributed by atoms with Gasteiger partial charge in [0, 0.05) is 16.8 Å². The molecule has 0 spiro atoms. The van der Waals surface area contributed by atoms with Crippen LogP contribution in [0.5, 0.6) is 0 Å². The molecule has 1 aliphatic rings. The van der Waals surface area contributed by atoms with Crippen LogP contribution in [0.25, 0.3) is 0 Å². The second-order valence-electron chi connectivity index (χ2n) is 5.97. The molecule has 1 saturated carbocycles. The van der Waals surface area contributed by atoms with Crippen LogP contribution in [0.2, 0.25) is 5.02 Å². The minimum absolute atomic E-state index is 0.590. The van der Waals surface area contributed by atoms with E-state index in [0.29, 0.717) is 12.0 Å². The second-order valence-corrected chi connectivity index (χ2v) is 6.41. The van der Waals surface area contributed by atoms with Crippen LogP contribution in [0.4, 0.5) is 5.69 Å². The van der Waals surface area contributed by atoms with Gasteiger partial charge in [0.05, 0.1) is 0 Å². The Morgan fingerprint density at radius 2 is 1.90 bits per heavy atom. The first-order valence-electron chi connectivity index (χ1n) is 7.86. The number of anilines is 1. The number of hydrogen-bond acceptors (Lipinski definition) is 1. The Hall–Kier alpha value is -1.47. The van der Waals surface area contributed by atoms with Gasteiger partial charge < -0.3 is 5.32 Å². The fraction of sp³-hybridized carbons (Fsp3) is 0.368. The molecule has 0 unspecified atom stereocenters. The summed E-state index contributed by atoms with van der Waals surface area (Å²) in [6, 6.07) is 17.6. The molecule has 2 aromatic rings. The topological polar surface area (TPSA) is 12.0 Å². The van der Waals surface area contributed by atoms with Crippen molar-refractivity contribution in [3.05, 3.63) is 64.7 Å². The van der Waals surface area contributed by atoms with E-state index in [1.807, 2.05) is 6.07 Å². The Balaban J connectivity index is 1.60. The average molecular weight is 300 g/mol. The largest absolute Gasteiger partial charge is 0.382 e. The zero-order chi connectivity index (χ0) is 14.7. The third-order valence-electron chi connectivity index (χ3n) is 4.35. The van der Waals surface area contributed by atoms with Crippen LogP contribution in [0, 0.1) is 0 Å². The van der Waals surface area contributed by atoms with Crippen molar-refractivity contribution in [3.8, 4) is 0 Å². The van der Waals surface area contributed by atoms with Gasteiger partial charge in [0.1, 0.15) is 0 Å². The fourth-order valence-corrected chi connectivity index (χ4v) is 3.34. The summed E-state index contributed by atoms with van der Waals surface area (Å²) in [6.45, 7) is 2.23. The summed E-state index contributed by atoms with van der Waals surface area (Å²) in [5, 5.41) is 4.56. The molecule has 1 fully saturated rings. The van der Waals surface area contributed by atoms with E-state index in [2.05, 4.69) is 54.7 Å². The molecular formula is C19H22ClN. The van der Waals surface area contributed by atoms with E-state index in [9.17, 15) is 0 Å². The maximum atomic E-state index is 6.08. The lowest BCUT2D eigenvalue weighted by Crippen LogP contribution is -2.34. The minimum atomic E-state index is 0.590. The van der Waals surface area contributed by atoms with Gasteiger partial charge in [-0.25, -0.2) is 0 Å². The van der Waals surface area contributed by atoms with E-state index < -0.39 is 0 Å². The summed E-state index contributed by atoms with van der Waals surface area (Å²) in [6.07, 6.45) is 4.73. The Kier molecular flexibility index (Phi) is 4.50. The molecule has 0 radical (unpaired) electrons. The average Bonchev–Trinajstić information content (AvgIpc) is 2.44. The quantitative estimate of drug-likeness (QED) is 0.752. The summed E-state index contributed by atoms with van der Waals surface area (Å²) in [5.74, 6) is 0.652. The predicted molar refractivity (Wildman–Crippen MR) is 91.3 cm³/mol. The lowest BCUT2D eigenvalue weighted by atomic mass is 9.75. The van der Waals surface area contributed by atoms with E-state index >= 15 is 0 Å². The van der Waals surface area contributed by atoms with Crippen molar-refractivity contribution >= 4 is 17.3 Å². The van der Waals surface area contributed by atoms with Crippen molar-refractivity contribution in [2.75, 3.05) is 5.32 Å². The van der Waals surface area contributed by atoms with Crippen LogP contribution in [0.15, 0.2) is 48.5 Å². The van der Waals surface area contributed by atoms with Gasteiger partial charge in [-0.3, -0.25) is 0 Å². The van der Waals surface area contributed by atoms with E-state index in [4.69, 9.17) is 11.6 Å². The van der Waals surface area contributed by atoms with Crippen LogP contribution in [0.1, 0.15) is 43.2 Å². The van der Waals surface area contributed by atoms with E-state index in [1.54, 1.807) is 0 Å². The minimum Gasteiger partial charge on any atom is -0.382 e. The lowest BCUT2D eigenvalue weighted by molar-refractivity contribution is 0.374. The van der Waals surface area contributed by atoms with Gasteiger partial charge in [0.2, 0.25) is 0 Å². The van der Waals surface area contributed by atoms with Crippen LogP contribution in [0.3, 0.4) is 0 Å². The molecule has 0 bridgehead atoms. The standard InChI is InChI=1S/C19H22ClN/c1-2-6-14-7-3-4-10-19(14)21-18-12-16(13-18)15-8-5-9-17(20)11-15/h3-5,7-11,16,18,21H,2,6,12-13H2,1H3. The first-order chi connectivity index (χ1) is 10.3. The van der Waals surface area contributed by atoms with Crippen molar-refractivity contribution in [3.63, 3.8) is 0 Å². The van der Waals surface area contributed by atoms with Gasteiger partial charge in [-0.05, 0) is 54.5 Å². The molecule has 110 valence electrons. The Labute approximate surface area is 132 Å². The molecule has 0 aliphatic heterocycles. The van der Waals surface area contributed by atoms with Crippen molar-refractivity contribution in [2.24, 2.45) is 0 Å². The van der Waals surface area contributed by atoms with E-state index in [-0.39, 0.29) is 0 Å². The number of halogens is 1. The Bertz CT molecular complexity index is 602. The van der Waals surface area contributed by atoms with Crippen LogP contribution >= 0.6 is 11.6 Å². The molecule has 2 aromatic carbocycles. The maximum Gasteiger partial charge on any atom is 0.0408 e. The summed E-state index contributed by atoms with van der Waals surface area (Å²) < 4.78 is 0. The van der Waals surface area contributed by atoms with Gasteiger partial charge in [-0.1, -0.05) is 55.3 Å². The molecule has 0 heterocycles. The molecule has 1 N–H and O–H groups in total. The summed E-state index contributed by atoms with van der Waals surface area (Å²) in [5.41, 5.74) is 4.13. The van der Waals surface area contributed by atoms with Crippen LogP contribution in [-0.2, 0) is 6.42 Å². The predicted octanol–water partition coefficient (Wildman–Crippen LogP) is 5.65. The monoisotopic (exact) mass is 299 g/mol. The highest BCUT2D eigenvalue weighted by Gasteiger charge is 2.30. The number of para-hydroxylation sites is 1. The molecule has 0 aromatic heterocycles. The second kappa shape index (κ2) is 6.53. The summed E-state index contributed by atoms with van der Waals surface area (Å²) in [7, 11) is 0. The van der Waals surface area contributed by atoms with Crippen molar-refractivity contribution < 1.29 is 0 Å².